The Labute approximate surface area is 151 Å². The molecule has 2 aromatic rings. The van der Waals surface area contributed by atoms with E-state index >= 15 is 0 Å². The van der Waals surface area contributed by atoms with Crippen molar-refractivity contribution in [3.8, 4) is 5.69 Å². The summed E-state index contributed by atoms with van der Waals surface area (Å²) in [6.07, 6.45) is 3.64. The Bertz CT molecular complexity index is 818. The molecule has 1 aromatic carbocycles. The van der Waals surface area contributed by atoms with E-state index in [0.29, 0.717) is 32.7 Å². The van der Waals surface area contributed by atoms with Crippen LogP contribution in [-0.4, -0.2) is 62.7 Å². The zero-order valence-corrected chi connectivity index (χ0v) is 14.7. The molecule has 2 fully saturated rings. The number of carboxylic acid groups (broad SMARTS) is 1. The molecule has 7 nitrogen and oxygen atoms in total. The number of amides is 1. The van der Waals surface area contributed by atoms with Gasteiger partial charge in [-0.1, -0.05) is 12.1 Å². The molecule has 136 valence electrons. The minimum Gasteiger partial charge on any atom is -0.481 e. The van der Waals surface area contributed by atoms with Gasteiger partial charge >= 0.3 is 5.97 Å². The van der Waals surface area contributed by atoms with Gasteiger partial charge < -0.3 is 10.0 Å². The maximum absolute atomic E-state index is 12.0. The van der Waals surface area contributed by atoms with Crippen LogP contribution in [0.1, 0.15) is 12.5 Å². The van der Waals surface area contributed by atoms with Gasteiger partial charge in [-0.3, -0.25) is 14.5 Å². The number of likely N-dealkylation sites (tertiary alicyclic amines) is 2. The van der Waals surface area contributed by atoms with Crippen molar-refractivity contribution in [1.29, 1.82) is 0 Å². The topological polar surface area (TPSA) is 78.7 Å². The number of rotatable bonds is 4. The van der Waals surface area contributed by atoms with Crippen LogP contribution in [0.4, 0.5) is 0 Å². The van der Waals surface area contributed by atoms with E-state index in [9.17, 15) is 14.7 Å². The Morgan fingerprint density at radius 2 is 2.00 bits per heavy atom. The number of benzene rings is 1. The summed E-state index contributed by atoms with van der Waals surface area (Å²) in [6, 6.07) is 10.0. The second-order valence-corrected chi connectivity index (χ2v) is 7.34. The average molecular weight is 354 g/mol. The number of carboxylic acids is 1. The summed E-state index contributed by atoms with van der Waals surface area (Å²) in [5.41, 5.74) is 1.31. The predicted octanol–water partition coefficient (Wildman–Crippen LogP) is 1.24. The van der Waals surface area contributed by atoms with E-state index in [1.54, 1.807) is 15.8 Å². The number of fused-ring (bicyclic) bond motifs is 1. The lowest BCUT2D eigenvalue weighted by Gasteiger charge is -2.25. The number of aromatic nitrogens is 2. The van der Waals surface area contributed by atoms with E-state index in [-0.39, 0.29) is 11.8 Å². The molecule has 2 saturated heterocycles. The third-order valence-electron chi connectivity index (χ3n) is 5.66. The first-order chi connectivity index (χ1) is 12.5. The highest BCUT2D eigenvalue weighted by molar-refractivity contribution is 5.80. The minimum atomic E-state index is -0.833. The summed E-state index contributed by atoms with van der Waals surface area (Å²) >= 11 is 0. The molecule has 7 heteroatoms. The Balaban J connectivity index is 1.46. The number of hydrogen-bond acceptors (Lipinski definition) is 4. The number of carbonyl (C=O) groups excluding carboxylic acids is 1. The molecule has 0 spiro atoms. The quantitative estimate of drug-likeness (QED) is 0.894. The molecular weight excluding hydrogens is 332 g/mol. The standard InChI is InChI=1S/C19H22N4O3/c1-14(24)22-11-16-10-21(12-19(16,13-22)18(25)26)9-15-3-5-17(6-4-15)23-8-2-7-20-23/h2-8,16H,9-13H2,1H3,(H,25,26)/t16-,19-/m1/s1. The second kappa shape index (κ2) is 6.25. The van der Waals surface area contributed by atoms with Gasteiger partial charge in [0.25, 0.3) is 0 Å². The van der Waals surface area contributed by atoms with Gasteiger partial charge in [0.05, 0.1) is 5.69 Å². The van der Waals surface area contributed by atoms with Gasteiger partial charge in [0.2, 0.25) is 5.91 Å². The van der Waals surface area contributed by atoms with Gasteiger partial charge in [0.1, 0.15) is 5.41 Å². The van der Waals surface area contributed by atoms with Crippen LogP contribution in [0, 0.1) is 11.3 Å². The third kappa shape index (κ3) is 2.78. The van der Waals surface area contributed by atoms with Crippen LogP contribution in [0.15, 0.2) is 42.7 Å². The molecule has 0 unspecified atom stereocenters. The van der Waals surface area contributed by atoms with Gasteiger partial charge in [-0.15, -0.1) is 0 Å². The first-order valence-corrected chi connectivity index (χ1v) is 8.78. The fourth-order valence-corrected chi connectivity index (χ4v) is 4.27. The van der Waals surface area contributed by atoms with Crippen LogP contribution in [0.3, 0.4) is 0 Å². The van der Waals surface area contributed by atoms with E-state index in [4.69, 9.17) is 0 Å². The van der Waals surface area contributed by atoms with Crippen LogP contribution in [-0.2, 0) is 16.1 Å². The van der Waals surface area contributed by atoms with E-state index in [1.807, 2.05) is 24.4 Å². The van der Waals surface area contributed by atoms with Crippen LogP contribution in [0.5, 0.6) is 0 Å². The SMILES string of the molecule is CC(=O)N1C[C@H]2CN(Cc3ccc(-n4cccn4)cc3)C[C@@]2(C(=O)O)C1. The lowest BCUT2D eigenvalue weighted by atomic mass is 9.81. The smallest absolute Gasteiger partial charge is 0.313 e. The van der Waals surface area contributed by atoms with E-state index in [2.05, 4.69) is 22.1 Å². The zero-order valence-electron chi connectivity index (χ0n) is 14.7. The summed E-state index contributed by atoms with van der Waals surface area (Å²) in [5.74, 6) is -0.837. The number of aliphatic carboxylic acids is 1. The van der Waals surface area contributed by atoms with Crippen LogP contribution in [0.2, 0.25) is 0 Å². The van der Waals surface area contributed by atoms with Crippen molar-refractivity contribution >= 4 is 11.9 Å². The highest BCUT2D eigenvalue weighted by atomic mass is 16.4. The zero-order chi connectivity index (χ0) is 18.3. The lowest BCUT2D eigenvalue weighted by Crippen LogP contribution is -2.41. The van der Waals surface area contributed by atoms with Gasteiger partial charge in [-0.2, -0.15) is 5.10 Å². The summed E-state index contributed by atoms with van der Waals surface area (Å²) in [4.78, 5) is 27.5. The van der Waals surface area contributed by atoms with Crippen LogP contribution >= 0.6 is 0 Å². The van der Waals surface area contributed by atoms with Crippen molar-refractivity contribution in [2.24, 2.45) is 11.3 Å². The van der Waals surface area contributed by atoms with Crippen molar-refractivity contribution < 1.29 is 14.7 Å². The number of carbonyl (C=O) groups is 2. The largest absolute Gasteiger partial charge is 0.481 e. The first-order valence-electron chi connectivity index (χ1n) is 8.78. The normalized spacial score (nSPS) is 25.4. The number of nitrogens with zero attached hydrogens (tertiary/aromatic N) is 4. The molecule has 0 radical (unpaired) electrons. The lowest BCUT2D eigenvalue weighted by molar-refractivity contribution is -0.149. The molecule has 26 heavy (non-hydrogen) atoms. The molecule has 1 amide bonds. The first kappa shape index (κ1) is 16.8. The molecule has 0 saturated carbocycles. The monoisotopic (exact) mass is 354 g/mol. The molecule has 1 N–H and O–H groups in total. The molecule has 0 bridgehead atoms. The van der Waals surface area contributed by atoms with E-state index < -0.39 is 11.4 Å². The predicted molar refractivity (Wildman–Crippen MR) is 94.7 cm³/mol. The van der Waals surface area contributed by atoms with Crippen molar-refractivity contribution in [1.82, 2.24) is 19.6 Å². The van der Waals surface area contributed by atoms with Crippen LogP contribution in [0.25, 0.3) is 5.69 Å². The summed E-state index contributed by atoms with van der Waals surface area (Å²) < 4.78 is 1.81. The van der Waals surface area contributed by atoms with Crippen LogP contribution < -0.4 is 0 Å². The van der Waals surface area contributed by atoms with Gasteiger partial charge in [0.15, 0.2) is 0 Å². The fraction of sp³-hybridized carbons (Fsp3) is 0.421. The molecule has 2 atom stereocenters. The third-order valence-corrected chi connectivity index (χ3v) is 5.66. The summed E-state index contributed by atoms with van der Waals surface area (Å²) in [6.45, 7) is 4.27. The highest BCUT2D eigenvalue weighted by Crippen LogP contribution is 2.43. The second-order valence-electron chi connectivity index (χ2n) is 7.34. The molecule has 1 aromatic heterocycles. The fourth-order valence-electron chi connectivity index (χ4n) is 4.27. The minimum absolute atomic E-state index is 0.00718. The summed E-state index contributed by atoms with van der Waals surface area (Å²) in [7, 11) is 0. The van der Waals surface area contributed by atoms with Gasteiger partial charge in [0, 0.05) is 58.0 Å². The Morgan fingerprint density at radius 3 is 2.58 bits per heavy atom. The molecule has 0 aliphatic carbocycles. The number of hydrogen-bond donors (Lipinski definition) is 1. The van der Waals surface area contributed by atoms with E-state index in [0.717, 1.165) is 11.3 Å². The highest BCUT2D eigenvalue weighted by Gasteiger charge is 2.57. The Kier molecular flexibility index (Phi) is 4.03. The molecule has 2 aliphatic rings. The molecule has 2 aliphatic heterocycles. The van der Waals surface area contributed by atoms with Gasteiger partial charge in [-0.05, 0) is 23.8 Å². The maximum atomic E-state index is 12.0. The van der Waals surface area contributed by atoms with Crippen molar-refractivity contribution in [3.63, 3.8) is 0 Å². The van der Waals surface area contributed by atoms with Crippen molar-refractivity contribution in [2.75, 3.05) is 26.2 Å². The molecular formula is C19H22N4O3. The molecule has 3 heterocycles. The van der Waals surface area contributed by atoms with Gasteiger partial charge in [-0.25, -0.2) is 4.68 Å². The average Bonchev–Trinajstić information content (AvgIpc) is 3.29. The maximum Gasteiger partial charge on any atom is 0.313 e. The Hall–Kier alpha value is -2.67. The van der Waals surface area contributed by atoms with Crippen molar-refractivity contribution in [3.05, 3.63) is 48.3 Å². The summed E-state index contributed by atoms with van der Waals surface area (Å²) in [5, 5.41) is 14.0. The Morgan fingerprint density at radius 1 is 1.23 bits per heavy atom. The molecule has 4 rings (SSSR count). The van der Waals surface area contributed by atoms with Crippen molar-refractivity contribution in [2.45, 2.75) is 13.5 Å². The van der Waals surface area contributed by atoms with E-state index in [1.165, 1.54) is 6.92 Å².